The number of fused-ring (bicyclic) bond motifs is 1. The average Bonchev–Trinajstić information content (AvgIpc) is 2.92. The maximum Gasteiger partial charge on any atom is 0.213 e. The summed E-state index contributed by atoms with van der Waals surface area (Å²) in [7, 11) is -3.13. The van der Waals surface area contributed by atoms with Crippen LogP contribution in [0, 0.1) is 0 Å². The van der Waals surface area contributed by atoms with Gasteiger partial charge in [0, 0.05) is 37.7 Å². The summed E-state index contributed by atoms with van der Waals surface area (Å²) in [5.74, 6) is 0.481. The molecule has 0 aliphatic carbocycles. The molecule has 3 heterocycles. The first kappa shape index (κ1) is 14.9. The third kappa shape index (κ3) is 2.95. The van der Waals surface area contributed by atoms with Crippen LogP contribution in [0.4, 0.5) is 0 Å². The molecule has 0 unspecified atom stereocenters. The van der Waals surface area contributed by atoms with Gasteiger partial charge >= 0.3 is 0 Å². The maximum absolute atomic E-state index is 12.1. The van der Waals surface area contributed by atoms with Gasteiger partial charge in [0.25, 0.3) is 0 Å². The Kier molecular flexibility index (Phi) is 4.24. The molecule has 2 aliphatic heterocycles. The molecule has 1 aromatic heterocycles. The van der Waals surface area contributed by atoms with Crippen molar-refractivity contribution in [1.29, 1.82) is 0 Å². The molecule has 2 aliphatic rings. The Bertz CT molecular complexity index is 612. The molecule has 0 saturated carbocycles. The van der Waals surface area contributed by atoms with Crippen LogP contribution in [-0.4, -0.2) is 54.7 Å². The second kappa shape index (κ2) is 5.98. The van der Waals surface area contributed by atoms with Crippen molar-refractivity contribution in [2.75, 3.05) is 32.1 Å². The third-order valence-corrected chi connectivity index (χ3v) is 6.23. The highest BCUT2D eigenvalue weighted by atomic mass is 32.2. The van der Waals surface area contributed by atoms with Crippen LogP contribution in [0.3, 0.4) is 0 Å². The fraction of sp³-hybridized carbons (Fsp3) is 0.714. The molecule has 1 atom stereocenters. The lowest BCUT2D eigenvalue weighted by Gasteiger charge is -2.18. The van der Waals surface area contributed by atoms with Gasteiger partial charge in [-0.25, -0.2) is 22.7 Å². The topological polar surface area (TPSA) is 72.4 Å². The number of nitrogens with zero attached hydrogens (tertiary/aromatic N) is 3. The molecule has 0 aromatic carbocycles. The van der Waals surface area contributed by atoms with E-state index in [9.17, 15) is 8.42 Å². The van der Waals surface area contributed by atoms with Gasteiger partial charge in [-0.1, -0.05) is 0 Å². The van der Waals surface area contributed by atoms with Crippen LogP contribution in [0.5, 0.6) is 0 Å². The molecule has 1 saturated heterocycles. The Hall–Kier alpha value is -1.05. The Morgan fingerprint density at radius 2 is 2.14 bits per heavy atom. The largest absolute Gasteiger partial charge is 0.381 e. The summed E-state index contributed by atoms with van der Waals surface area (Å²) in [5, 5.41) is 0. The second-order valence-corrected chi connectivity index (χ2v) is 7.80. The zero-order valence-corrected chi connectivity index (χ0v) is 13.1. The molecule has 1 aromatic rings. The highest BCUT2D eigenvalue weighted by molar-refractivity contribution is 7.89. The molecule has 0 spiro atoms. The SMILES string of the molecule is CCS(=O)(=O)N1CCc2ncnc([C@H]3CCOC3)c2CC1. The number of ether oxygens (including phenoxy) is 1. The predicted octanol–water partition coefficient (Wildman–Crippen LogP) is 0.731. The van der Waals surface area contributed by atoms with Gasteiger partial charge in [0.2, 0.25) is 10.0 Å². The number of aromatic nitrogens is 2. The van der Waals surface area contributed by atoms with Crippen molar-refractivity contribution in [2.45, 2.75) is 32.1 Å². The van der Waals surface area contributed by atoms with Crippen molar-refractivity contribution >= 4 is 10.0 Å². The molecule has 0 N–H and O–H groups in total. The number of rotatable bonds is 3. The van der Waals surface area contributed by atoms with Gasteiger partial charge in [0.1, 0.15) is 6.33 Å². The smallest absolute Gasteiger partial charge is 0.213 e. The van der Waals surface area contributed by atoms with Gasteiger partial charge in [-0.05, 0) is 25.3 Å². The van der Waals surface area contributed by atoms with E-state index in [1.54, 1.807) is 17.6 Å². The first-order valence-electron chi connectivity index (χ1n) is 7.50. The fourth-order valence-electron chi connectivity index (χ4n) is 3.09. The van der Waals surface area contributed by atoms with E-state index in [2.05, 4.69) is 9.97 Å². The van der Waals surface area contributed by atoms with E-state index in [4.69, 9.17) is 4.74 Å². The van der Waals surface area contributed by atoms with E-state index in [0.717, 1.165) is 30.0 Å². The standard InChI is InChI=1S/C14H21N3O3S/c1-2-21(18,19)17-6-3-12-13(4-7-17)15-10-16-14(12)11-5-8-20-9-11/h10-11H,2-9H2,1H3/t11-/m0/s1. The van der Waals surface area contributed by atoms with Crippen LogP contribution in [0.1, 0.15) is 36.2 Å². The Morgan fingerprint density at radius 3 is 2.86 bits per heavy atom. The lowest BCUT2D eigenvalue weighted by Crippen LogP contribution is -2.34. The van der Waals surface area contributed by atoms with E-state index >= 15 is 0 Å². The summed E-state index contributed by atoms with van der Waals surface area (Å²) in [5.41, 5.74) is 3.20. The fourth-order valence-corrected chi connectivity index (χ4v) is 4.20. The van der Waals surface area contributed by atoms with Gasteiger partial charge < -0.3 is 4.74 Å². The summed E-state index contributed by atoms with van der Waals surface area (Å²) in [6.07, 6.45) is 3.95. The molecular weight excluding hydrogens is 290 g/mol. The molecule has 0 bridgehead atoms. The lowest BCUT2D eigenvalue weighted by atomic mass is 9.96. The highest BCUT2D eigenvalue weighted by Gasteiger charge is 2.28. The average molecular weight is 311 g/mol. The minimum Gasteiger partial charge on any atom is -0.381 e. The molecule has 0 amide bonds. The quantitative estimate of drug-likeness (QED) is 0.823. The van der Waals surface area contributed by atoms with Crippen molar-refractivity contribution in [3.8, 4) is 0 Å². The summed E-state index contributed by atoms with van der Waals surface area (Å²) in [4.78, 5) is 8.84. The molecule has 3 rings (SSSR count). The second-order valence-electron chi connectivity index (χ2n) is 5.54. The van der Waals surface area contributed by atoms with Gasteiger partial charge in [0.15, 0.2) is 0 Å². The Balaban J connectivity index is 1.87. The van der Waals surface area contributed by atoms with Crippen molar-refractivity contribution in [3.63, 3.8) is 0 Å². The minimum atomic E-state index is -3.13. The Labute approximate surface area is 125 Å². The van der Waals surface area contributed by atoms with Gasteiger partial charge in [-0.15, -0.1) is 0 Å². The van der Waals surface area contributed by atoms with Crippen LogP contribution in [0.25, 0.3) is 0 Å². The zero-order valence-electron chi connectivity index (χ0n) is 12.3. The Morgan fingerprint density at radius 1 is 1.33 bits per heavy atom. The minimum absolute atomic E-state index is 0.151. The van der Waals surface area contributed by atoms with E-state index in [1.165, 1.54) is 0 Å². The number of hydrogen-bond donors (Lipinski definition) is 0. The van der Waals surface area contributed by atoms with Gasteiger partial charge in [-0.3, -0.25) is 0 Å². The van der Waals surface area contributed by atoms with Crippen molar-refractivity contribution in [2.24, 2.45) is 0 Å². The highest BCUT2D eigenvalue weighted by Crippen LogP contribution is 2.29. The van der Waals surface area contributed by atoms with Gasteiger partial charge in [-0.2, -0.15) is 0 Å². The molecule has 21 heavy (non-hydrogen) atoms. The molecule has 116 valence electrons. The molecule has 6 nitrogen and oxygen atoms in total. The van der Waals surface area contributed by atoms with Crippen LogP contribution < -0.4 is 0 Å². The van der Waals surface area contributed by atoms with Crippen LogP contribution in [0.15, 0.2) is 6.33 Å². The van der Waals surface area contributed by atoms with E-state index < -0.39 is 10.0 Å². The van der Waals surface area contributed by atoms with Gasteiger partial charge in [0.05, 0.1) is 18.1 Å². The number of hydrogen-bond acceptors (Lipinski definition) is 5. The molecule has 0 radical (unpaired) electrons. The lowest BCUT2D eigenvalue weighted by molar-refractivity contribution is 0.193. The van der Waals surface area contributed by atoms with Crippen LogP contribution in [0.2, 0.25) is 0 Å². The molecular formula is C14H21N3O3S. The van der Waals surface area contributed by atoms with E-state index in [1.807, 2.05) is 0 Å². The molecule has 7 heteroatoms. The van der Waals surface area contributed by atoms with E-state index in [0.29, 0.717) is 38.5 Å². The first-order chi connectivity index (χ1) is 10.1. The summed E-state index contributed by atoms with van der Waals surface area (Å²) < 4.78 is 31.2. The van der Waals surface area contributed by atoms with Crippen molar-refractivity contribution in [3.05, 3.63) is 23.3 Å². The first-order valence-corrected chi connectivity index (χ1v) is 9.11. The van der Waals surface area contributed by atoms with Crippen LogP contribution >= 0.6 is 0 Å². The van der Waals surface area contributed by atoms with Crippen molar-refractivity contribution < 1.29 is 13.2 Å². The third-order valence-electron chi connectivity index (χ3n) is 4.35. The van der Waals surface area contributed by atoms with E-state index in [-0.39, 0.29) is 5.75 Å². The summed E-state index contributed by atoms with van der Waals surface area (Å²) in [6.45, 7) is 4.21. The monoisotopic (exact) mass is 311 g/mol. The molecule has 1 fully saturated rings. The summed E-state index contributed by atoms with van der Waals surface area (Å²) in [6, 6.07) is 0. The van der Waals surface area contributed by atoms with Crippen LogP contribution in [-0.2, 0) is 27.6 Å². The maximum atomic E-state index is 12.1. The summed E-state index contributed by atoms with van der Waals surface area (Å²) >= 11 is 0. The zero-order chi connectivity index (χ0) is 14.9. The normalized spacial score (nSPS) is 23.8. The number of sulfonamides is 1. The predicted molar refractivity (Wildman–Crippen MR) is 78.7 cm³/mol. The van der Waals surface area contributed by atoms with Crippen molar-refractivity contribution in [1.82, 2.24) is 14.3 Å².